The number of nitrogens with one attached hydrogen (secondary N) is 1. The van der Waals surface area contributed by atoms with E-state index in [9.17, 15) is 14.4 Å². The third-order valence-corrected chi connectivity index (χ3v) is 5.09. The summed E-state index contributed by atoms with van der Waals surface area (Å²) in [6.45, 7) is 3.66. The van der Waals surface area contributed by atoms with Crippen molar-refractivity contribution in [3.8, 4) is 5.75 Å². The number of ketones is 1. The molecule has 1 N–H and O–H groups in total. The topological polar surface area (TPSA) is 79.5 Å². The number of aromatic amines is 1. The number of methoxy groups -OCH3 is 1. The molecule has 142 valence electrons. The van der Waals surface area contributed by atoms with E-state index in [1.807, 2.05) is 24.3 Å². The summed E-state index contributed by atoms with van der Waals surface area (Å²) in [5.74, 6) is 0.213. The maximum atomic E-state index is 13.2. The predicted molar refractivity (Wildman–Crippen MR) is 102 cm³/mol. The zero-order valence-corrected chi connectivity index (χ0v) is 15.9. The molecule has 1 fully saturated rings. The van der Waals surface area contributed by atoms with Crippen LogP contribution in [0, 0.1) is 6.92 Å². The Balaban J connectivity index is 2.00. The molecule has 0 unspecified atom stereocenters. The molecule has 1 aromatic carbocycles. The van der Waals surface area contributed by atoms with Gasteiger partial charge in [-0.2, -0.15) is 0 Å². The second-order valence-corrected chi connectivity index (χ2v) is 6.89. The number of aryl methyl sites for hydroxylation is 1. The molecule has 6 heteroatoms. The Labute approximate surface area is 158 Å². The monoisotopic (exact) mass is 368 g/mol. The van der Waals surface area contributed by atoms with Crippen molar-refractivity contribution in [3.05, 3.63) is 63.1 Å². The van der Waals surface area contributed by atoms with Crippen LogP contribution in [-0.4, -0.2) is 35.2 Å². The lowest BCUT2D eigenvalue weighted by Crippen LogP contribution is -2.41. The summed E-state index contributed by atoms with van der Waals surface area (Å²) < 4.78 is 5.30. The summed E-state index contributed by atoms with van der Waals surface area (Å²) in [5.41, 5.74) is 1.38. The van der Waals surface area contributed by atoms with Crippen LogP contribution in [0.25, 0.3) is 0 Å². The lowest BCUT2D eigenvalue weighted by molar-refractivity contribution is 0.0609. The number of H-pyrrole nitrogens is 1. The minimum atomic E-state index is -0.461. The summed E-state index contributed by atoms with van der Waals surface area (Å²) in [5, 5.41) is 0. The van der Waals surface area contributed by atoms with Gasteiger partial charge in [-0.3, -0.25) is 14.4 Å². The van der Waals surface area contributed by atoms with E-state index in [0.29, 0.717) is 17.8 Å². The van der Waals surface area contributed by atoms with Gasteiger partial charge in [-0.15, -0.1) is 0 Å². The smallest absolute Gasteiger partial charge is 0.261 e. The van der Waals surface area contributed by atoms with Crippen LogP contribution in [0.4, 0.5) is 0 Å². The van der Waals surface area contributed by atoms with E-state index in [-0.39, 0.29) is 23.3 Å². The van der Waals surface area contributed by atoms with Crippen LogP contribution in [0.2, 0.25) is 0 Å². The number of hydrogen-bond acceptors (Lipinski definition) is 4. The van der Waals surface area contributed by atoms with Crippen LogP contribution in [-0.2, 0) is 0 Å². The van der Waals surface area contributed by atoms with Gasteiger partial charge in [0.15, 0.2) is 5.78 Å². The number of carbonyl (C=O) groups is 2. The van der Waals surface area contributed by atoms with Gasteiger partial charge >= 0.3 is 0 Å². The summed E-state index contributed by atoms with van der Waals surface area (Å²) in [6, 6.07) is 8.97. The summed E-state index contributed by atoms with van der Waals surface area (Å²) >= 11 is 0. The predicted octanol–water partition coefficient (Wildman–Crippen LogP) is 3.26. The third kappa shape index (κ3) is 3.79. The Hall–Kier alpha value is -2.89. The number of nitrogens with zero attached hydrogens (tertiary/aromatic N) is 1. The first-order valence-electron chi connectivity index (χ1n) is 9.12. The zero-order valence-electron chi connectivity index (χ0n) is 15.9. The quantitative estimate of drug-likeness (QED) is 0.840. The Kier molecular flexibility index (Phi) is 5.44. The number of benzene rings is 1. The van der Waals surface area contributed by atoms with Crippen molar-refractivity contribution in [2.75, 3.05) is 13.7 Å². The fourth-order valence-electron chi connectivity index (χ4n) is 3.67. The van der Waals surface area contributed by atoms with Crippen LogP contribution in [0.1, 0.15) is 64.2 Å². The Bertz CT molecular complexity index is 932. The van der Waals surface area contributed by atoms with Crippen LogP contribution in [0.5, 0.6) is 5.75 Å². The standard InChI is InChI=1S/C21H24N2O4/c1-13-17(14(2)24)12-18(20(25)22-13)21(26)23-10-5-4-9-19(23)15-7-6-8-16(11-15)27-3/h6-8,11-12,19H,4-5,9-10H2,1-3H3,(H,22,25)/t19-/m1/s1. The average Bonchev–Trinajstić information content (AvgIpc) is 2.67. The van der Waals surface area contributed by atoms with Gasteiger partial charge < -0.3 is 14.6 Å². The highest BCUT2D eigenvalue weighted by Crippen LogP contribution is 2.33. The van der Waals surface area contributed by atoms with Gasteiger partial charge in [0.05, 0.1) is 13.2 Å². The van der Waals surface area contributed by atoms with Crippen molar-refractivity contribution in [1.82, 2.24) is 9.88 Å². The number of hydrogen-bond donors (Lipinski definition) is 1. The number of aromatic nitrogens is 1. The molecule has 1 atom stereocenters. The highest BCUT2D eigenvalue weighted by Gasteiger charge is 2.30. The average molecular weight is 368 g/mol. The van der Waals surface area contributed by atoms with Gasteiger partial charge in [0.1, 0.15) is 11.3 Å². The number of Topliss-reactive ketones (excluding diaryl/α,β-unsaturated/α-hetero) is 1. The molecule has 0 aliphatic carbocycles. The minimum absolute atomic E-state index is 0.0144. The van der Waals surface area contributed by atoms with Crippen LogP contribution in [0.15, 0.2) is 35.1 Å². The molecule has 27 heavy (non-hydrogen) atoms. The van der Waals surface area contributed by atoms with Crippen LogP contribution < -0.4 is 10.3 Å². The molecule has 6 nitrogen and oxygen atoms in total. The summed E-state index contributed by atoms with van der Waals surface area (Å²) in [4.78, 5) is 41.8. The van der Waals surface area contributed by atoms with E-state index >= 15 is 0 Å². The van der Waals surface area contributed by atoms with Crippen molar-refractivity contribution in [1.29, 1.82) is 0 Å². The zero-order chi connectivity index (χ0) is 19.6. The molecule has 1 aliphatic rings. The second kappa shape index (κ2) is 7.78. The molecule has 1 amide bonds. The number of amides is 1. The fraction of sp³-hybridized carbons (Fsp3) is 0.381. The number of ether oxygens (including phenoxy) is 1. The van der Waals surface area contributed by atoms with Gasteiger partial charge in [0, 0.05) is 17.8 Å². The van der Waals surface area contributed by atoms with Gasteiger partial charge in [0.2, 0.25) is 0 Å². The minimum Gasteiger partial charge on any atom is -0.497 e. The third-order valence-electron chi connectivity index (χ3n) is 5.09. The molecule has 3 rings (SSSR count). The number of rotatable bonds is 4. The Morgan fingerprint density at radius 1 is 1.19 bits per heavy atom. The summed E-state index contributed by atoms with van der Waals surface area (Å²) in [6.07, 6.45) is 2.71. The van der Waals surface area contributed by atoms with Crippen molar-refractivity contribution in [2.45, 2.75) is 39.2 Å². The first-order chi connectivity index (χ1) is 12.9. The Morgan fingerprint density at radius 3 is 2.67 bits per heavy atom. The molecule has 0 bridgehead atoms. The first-order valence-corrected chi connectivity index (χ1v) is 9.12. The van der Waals surface area contributed by atoms with Crippen molar-refractivity contribution < 1.29 is 14.3 Å². The number of pyridine rings is 1. The molecule has 0 spiro atoms. The number of piperidine rings is 1. The van der Waals surface area contributed by atoms with Gasteiger partial charge in [-0.05, 0) is 56.9 Å². The first kappa shape index (κ1) is 18.9. The highest BCUT2D eigenvalue weighted by molar-refractivity contribution is 6.00. The van der Waals surface area contributed by atoms with Crippen LogP contribution >= 0.6 is 0 Å². The molecule has 2 aromatic rings. The van der Waals surface area contributed by atoms with E-state index in [0.717, 1.165) is 30.6 Å². The lowest BCUT2D eigenvalue weighted by Gasteiger charge is -2.36. The van der Waals surface area contributed by atoms with Crippen LogP contribution in [0.3, 0.4) is 0 Å². The molecular weight excluding hydrogens is 344 g/mol. The van der Waals surface area contributed by atoms with Gasteiger partial charge in [-0.1, -0.05) is 12.1 Å². The normalized spacial score (nSPS) is 16.9. The van der Waals surface area contributed by atoms with Crippen molar-refractivity contribution >= 4 is 11.7 Å². The number of likely N-dealkylation sites (tertiary alicyclic amines) is 1. The maximum absolute atomic E-state index is 13.2. The molecule has 0 saturated carbocycles. The van der Waals surface area contributed by atoms with E-state index in [4.69, 9.17) is 4.74 Å². The molecular formula is C21H24N2O4. The number of carbonyl (C=O) groups excluding carboxylic acids is 2. The largest absolute Gasteiger partial charge is 0.497 e. The molecule has 2 heterocycles. The molecule has 1 aliphatic heterocycles. The lowest BCUT2D eigenvalue weighted by atomic mass is 9.94. The van der Waals surface area contributed by atoms with Gasteiger partial charge in [0.25, 0.3) is 11.5 Å². The molecule has 0 radical (unpaired) electrons. The fourth-order valence-corrected chi connectivity index (χ4v) is 3.67. The van der Waals surface area contributed by atoms with Gasteiger partial charge in [-0.25, -0.2) is 0 Å². The summed E-state index contributed by atoms with van der Waals surface area (Å²) in [7, 11) is 1.61. The second-order valence-electron chi connectivity index (χ2n) is 6.89. The Morgan fingerprint density at radius 2 is 1.96 bits per heavy atom. The van der Waals surface area contributed by atoms with E-state index in [2.05, 4.69) is 4.98 Å². The highest BCUT2D eigenvalue weighted by atomic mass is 16.5. The van der Waals surface area contributed by atoms with E-state index in [1.54, 1.807) is 18.9 Å². The molecule has 1 saturated heterocycles. The van der Waals surface area contributed by atoms with E-state index < -0.39 is 5.56 Å². The SMILES string of the molecule is COc1cccc([C@H]2CCCCN2C(=O)c2cc(C(C)=O)c(C)[nH]c2=O)c1. The molecule has 1 aromatic heterocycles. The van der Waals surface area contributed by atoms with Crippen molar-refractivity contribution in [2.24, 2.45) is 0 Å². The van der Waals surface area contributed by atoms with Crippen molar-refractivity contribution in [3.63, 3.8) is 0 Å². The maximum Gasteiger partial charge on any atom is 0.261 e. The van der Waals surface area contributed by atoms with E-state index in [1.165, 1.54) is 13.0 Å².